The van der Waals surface area contributed by atoms with Gasteiger partial charge in [0, 0.05) is 23.9 Å². The van der Waals surface area contributed by atoms with Crippen molar-refractivity contribution in [3.8, 4) is 5.75 Å². The number of nitrogens with two attached hydrogens (primary N) is 1. The quantitative estimate of drug-likeness (QED) is 0.909. The maximum atomic E-state index is 6.58. The van der Waals surface area contributed by atoms with Crippen LogP contribution < -0.4 is 10.5 Å². The maximum absolute atomic E-state index is 6.58. The van der Waals surface area contributed by atoms with Gasteiger partial charge < -0.3 is 15.2 Å². The molecule has 1 heterocycles. The Kier molecular flexibility index (Phi) is 3.76. The van der Waals surface area contributed by atoms with E-state index in [-0.39, 0.29) is 11.6 Å². The molecule has 0 amide bonds. The number of hydrogen-bond donors (Lipinski definition) is 1. The first-order valence-electron chi connectivity index (χ1n) is 7.41. The Balaban J connectivity index is 1.80. The summed E-state index contributed by atoms with van der Waals surface area (Å²) < 4.78 is 11.6. The van der Waals surface area contributed by atoms with E-state index in [0.29, 0.717) is 0 Å². The third-order valence-corrected chi connectivity index (χ3v) is 4.38. The van der Waals surface area contributed by atoms with E-state index >= 15 is 0 Å². The van der Waals surface area contributed by atoms with Crippen molar-refractivity contribution in [2.24, 2.45) is 5.73 Å². The summed E-state index contributed by atoms with van der Waals surface area (Å²) in [5.41, 5.74) is 7.60. The number of benzene rings is 1. The van der Waals surface area contributed by atoms with Gasteiger partial charge in [-0.25, -0.2) is 0 Å². The molecule has 104 valence electrons. The lowest BCUT2D eigenvalue weighted by Gasteiger charge is -2.30. The van der Waals surface area contributed by atoms with E-state index in [9.17, 15) is 0 Å². The molecule has 0 spiro atoms. The molecular formula is C16H23NO2. The van der Waals surface area contributed by atoms with Gasteiger partial charge in [0.05, 0.1) is 13.2 Å². The molecule has 2 aliphatic rings. The second-order valence-electron chi connectivity index (χ2n) is 5.79. The lowest BCUT2D eigenvalue weighted by Crippen LogP contribution is -2.34. The van der Waals surface area contributed by atoms with Gasteiger partial charge in [-0.1, -0.05) is 31.0 Å². The van der Waals surface area contributed by atoms with Gasteiger partial charge in [-0.3, -0.25) is 0 Å². The van der Waals surface area contributed by atoms with Crippen LogP contribution in [0.25, 0.3) is 0 Å². The minimum atomic E-state index is -0.179. The van der Waals surface area contributed by atoms with Gasteiger partial charge in [0.15, 0.2) is 0 Å². The summed E-state index contributed by atoms with van der Waals surface area (Å²) in [5, 5.41) is 0. The van der Waals surface area contributed by atoms with Crippen molar-refractivity contribution in [3.63, 3.8) is 0 Å². The van der Waals surface area contributed by atoms with Crippen LogP contribution in [0.1, 0.15) is 44.1 Å². The van der Waals surface area contributed by atoms with Crippen molar-refractivity contribution in [2.45, 2.75) is 50.2 Å². The standard InChI is InChI=1S/C16H23NO2/c17-16(9-3-4-10-16)14-5-1-2-6-15(14)19-13-7-11-18-12-8-13/h1-2,5-6,13H,3-4,7-12,17H2. The first-order chi connectivity index (χ1) is 9.28. The molecule has 0 radical (unpaired) electrons. The van der Waals surface area contributed by atoms with Crippen LogP contribution in [0.15, 0.2) is 24.3 Å². The van der Waals surface area contributed by atoms with Crippen LogP contribution in [-0.2, 0) is 10.3 Å². The van der Waals surface area contributed by atoms with Gasteiger partial charge in [-0.05, 0) is 18.9 Å². The molecule has 1 saturated heterocycles. The van der Waals surface area contributed by atoms with Crippen LogP contribution in [0.3, 0.4) is 0 Å². The summed E-state index contributed by atoms with van der Waals surface area (Å²) in [6.07, 6.45) is 6.82. The molecule has 1 aliphatic carbocycles. The minimum Gasteiger partial charge on any atom is -0.490 e. The second-order valence-corrected chi connectivity index (χ2v) is 5.79. The number of rotatable bonds is 3. The first-order valence-corrected chi connectivity index (χ1v) is 7.41. The molecule has 2 fully saturated rings. The van der Waals surface area contributed by atoms with Gasteiger partial charge in [0.1, 0.15) is 11.9 Å². The Labute approximate surface area is 115 Å². The molecule has 19 heavy (non-hydrogen) atoms. The van der Waals surface area contributed by atoms with E-state index in [1.807, 2.05) is 6.07 Å². The first kappa shape index (κ1) is 12.9. The molecule has 1 aromatic carbocycles. The minimum absolute atomic E-state index is 0.179. The molecule has 3 nitrogen and oxygen atoms in total. The second kappa shape index (κ2) is 5.51. The third-order valence-electron chi connectivity index (χ3n) is 4.38. The van der Waals surface area contributed by atoms with E-state index in [4.69, 9.17) is 15.2 Å². The van der Waals surface area contributed by atoms with Crippen LogP contribution in [0.4, 0.5) is 0 Å². The lowest BCUT2D eigenvalue weighted by atomic mass is 9.88. The number of para-hydroxylation sites is 1. The fourth-order valence-electron chi connectivity index (χ4n) is 3.23. The lowest BCUT2D eigenvalue weighted by molar-refractivity contribution is 0.0247. The molecule has 0 aromatic heterocycles. The average molecular weight is 261 g/mol. The molecule has 1 aromatic rings. The SMILES string of the molecule is NC1(c2ccccc2OC2CCOCC2)CCCC1. The van der Waals surface area contributed by atoms with Gasteiger partial charge >= 0.3 is 0 Å². The average Bonchev–Trinajstić information content (AvgIpc) is 2.88. The Morgan fingerprint density at radius 2 is 1.79 bits per heavy atom. The highest BCUT2D eigenvalue weighted by Gasteiger charge is 2.34. The highest BCUT2D eigenvalue weighted by Crippen LogP contribution is 2.40. The maximum Gasteiger partial charge on any atom is 0.124 e. The van der Waals surface area contributed by atoms with Crippen LogP contribution in [0, 0.1) is 0 Å². The molecule has 1 aliphatic heterocycles. The fourth-order valence-corrected chi connectivity index (χ4v) is 3.23. The fraction of sp³-hybridized carbons (Fsp3) is 0.625. The summed E-state index contributed by atoms with van der Waals surface area (Å²) >= 11 is 0. The van der Waals surface area contributed by atoms with Gasteiger partial charge in [-0.2, -0.15) is 0 Å². The van der Waals surface area contributed by atoms with Crippen molar-refractivity contribution in [1.29, 1.82) is 0 Å². The van der Waals surface area contributed by atoms with Crippen molar-refractivity contribution in [3.05, 3.63) is 29.8 Å². The van der Waals surface area contributed by atoms with Gasteiger partial charge in [-0.15, -0.1) is 0 Å². The number of hydrogen-bond acceptors (Lipinski definition) is 3. The smallest absolute Gasteiger partial charge is 0.124 e. The Morgan fingerprint density at radius 1 is 1.11 bits per heavy atom. The van der Waals surface area contributed by atoms with E-state index < -0.39 is 0 Å². The molecule has 3 heteroatoms. The van der Waals surface area contributed by atoms with Crippen LogP contribution in [0.5, 0.6) is 5.75 Å². The summed E-state index contributed by atoms with van der Waals surface area (Å²) in [5.74, 6) is 0.985. The topological polar surface area (TPSA) is 44.5 Å². The molecule has 0 unspecified atom stereocenters. The highest BCUT2D eigenvalue weighted by atomic mass is 16.5. The van der Waals surface area contributed by atoms with Gasteiger partial charge in [0.25, 0.3) is 0 Å². The predicted molar refractivity (Wildman–Crippen MR) is 75.2 cm³/mol. The monoisotopic (exact) mass is 261 g/mol. The van der Waals surface area contributed by atoms with E-state index in [1.165, 1.54) is 18.4 Å². The van der Waals surface area contributed by atoms with Crippen LogP contribution in [-0.4, -0.2) is 19.3 Å². The Morgan fingerprint density at radius 3 is 2.53 bits per heavy atom. The molecule has 2 N–H and O–H groups in total. The summed E-state index contributed by atoms with van der Waals surface area (Å²) in [7, 11) is 0. The summed E-state index contributed by atoms with van der Waals surface area (Å²) in [4.78, 5) is 0. The zero-order valence-electron chi connectivity index (χ0n) is 11.4. The Hall–Kier alpha value is -1.06. The van der Waals surface area contributed by atoms with Crippen molar-refractivity contribution in [1.82, 2.24) is 0 Å². The summed E-state index contributed by atoms with van der Waals surface area (Å²) in [6.45, 7) is 1.61. The van der Waals surface area contributed by atoms with Crippen molar-refractivity contribution in [2.75, 3.05) is 13.2 Å². The van der Waals surface area contributed by atoms with Crippen molar-refractivity contribution >= 4 is 0 Å². The van der Waals surface area contributed by atoms with Crippen molar-refractivity contribution < 1.29 is 9.47 Å². The summed E-state index contributed by atoms with van der Waals surface area (Å²) in [6, 6.07) is 8.31. The van der Waals surface area contributed by atoms with Crippen LogP contribution >= 0.6 is 0 Å². The third kappa shape index (κ3) is 2.77. The largest absolute Gasteiger partial charge is 0.490 e. The number of ether oxygens (including phenoxy) is 2. The van der Waals surface area contributed by atoms with E-state index in [2.05, 4.69) is 18.2 Å². The van der Waals surface area contributed by atoms with Gasteiger partial charge in [0.2, 0.25) is 0 Å². The van der Waals surface area contributed by atoms with E-state index in [1.54, 1.807) is 0 Å². The zero-order valence-corrected chi connectivity index (χ0v) is 11.4. The molecule has 0 atom stereocenters. The predicted octanol–water partition coefficient (Wildman–Crippen LogP) is 2.97. The molecule has 3 rings (SSSR count). The normalized spacial score (nSPS) is 23.4. The Bertz CT molecular complexity index is 421. The highest BCUT2D eigenvalue weighted by molar-refractivity contribution is 5.39. The zero-order chi connectivity index (χ0) is 13.1. The molecule has 0 bridgehead atoms. The van der Waals surface area contributed by atoms with E-state index in [0.717, 1.165) is 44.6 Å². The molecular weight excluding hydrogens is 238 g/mol. The molecule has 1 saturated carbocycles. The van der Waals surface area contributed by atoms with Crippen LogP contribution in [0.2, 0.25) is 0 Å².